The topological polar surface area (TPSA) is 64.0 Å². The number of thioether (sulfide) groups is 1. The lowest BCUT2D eigenvalue weighted by molar-refractivity contribution is -0.120. The van der Waals surface area contributed by atoms with Crippen molar-refractivity contribution in [1.82, 2.24) is 14.9 Å². The summed E-state index contributed by atoms with van der Waals surface area (Å²) >= 11 is 3.08. The van der Waals surface area contributed by atoms with Crippen LogP contribution in [0.25, 0.3) is 10.2 Å². The molecule has 1 amide bonds. The second kappa shape index (κ2) is 7.95. The molecule has 2 aliphatic rings. The van der Waals surface area contributed by atoms with E-state index in [1.807, 2.05) is 6.92 Å². The lowest BCUT2D eigenvalue weighted by Gasteiger charge is -2.18. The number of aromatic nitrogens is 2. The molecule has 1 atom stereocenters. The summed E-state index contributed by atoms with van der Waals surface area (Å²) in [5, 5.41) is 4.41. The number of aryl methyl sites for hydroxylation is 2. The summed E-state index contributed by atoms with van der Waals surface area (Å²) in [6.45, 7) is 4.63. The summed E-state index contributed by atoms with van der Waals surface area (Å²) in [5.41, 5.74) is 1.30. The maximum absolute atomic E-state index is 13.2. The molecule has 7 heteroatoms. The minimum absolute atomic E-state index is 0.0537. The fraction of sp³-hybridized carbons (Fsp3) is 0.650. The van der Waals surface area contributed by atoms with Crippen molar-refractivity contribution in [2.45, 2.75) is 88.2 Å². The third-order valence-corrected chi connectivity index (χ3v) is 7.87. The van der Waals surface area contributed by atoms with E-state index in [2.05, 4.69) is 12.2 Å². The van der Waals surface area contributed by atoms with Gasteiger partial charge >= 0.3 is 0 Å². The average Bonchev–Trinajstić information content (AvgIpc) is 3.35. The summed E-state index contributed by atoms with van der Waals surface area (Å²) in [6, 6.07) is 0.314. The summed E-state index contributed by atoms with van der Waals surface area (Å²) in [7, 11) is 0. The molecule has 146 valence electrons. The first kappa shape index (κ1) is 19.0. The zero-order valence-corrected chi connectivity index (χ0v) is 17.7. The molecule has 0 radical (unpaired) electrons. The van der Waals surface area contributed by atoms with Crippen LogP contribution in [0, 0.1) is 0 Å². The number of hydrogen-bond acceptors (Lipinski definition) is 5. The maximum Gasteiger partial charge on any atom is 0.263 e. The number of hydrogen-bond donors (Lipinski definition) is 1. The van der Waals surface area contributed by atoms with Crippen LogP contribution in [0.3, 0.4) is 0 Å². The third-order valence-electron chi connectivity index (χ3n) is 5.59. The smallest absolute Gasteiger partial charge is 0.263 e. The largest absolute Gasteiger partial charge is 0.352 e. The van der Waals surface area contributed by atoms with Crippen LogP contribution >= 0.6 is 23.1 Å². The van der Waals surface area contributed by atoms with Gasteiger partial charge < -0.3 is 5.32 Å². The number of thiophene rings is 1. The Balaban J connectivity index is 1.63. The molecule has 2 aliphatic carbocycles. The molecule has 1 saturated carbocycles. The molecule has 1 fully saturated rings. The quantitative estimate of drug-likeness (QED) is 0.585. The number of carbonyl (C=O) groups excluding carboxylic acids is 1. The van der Waals surface area contributed by atoms with Gasteiger partial charge in [-0.05, 0) is 51.0 Å². The highest BCUT2D eigenvalue weighted by atomic mass is 32.2. The van der Waals surface area contributed by atoms with Crippen LogP contribution in [-0.2, 0) is 24.2 Å². The highest BCUT2D eigenvalue weighted by molar-refractivity contribution is 8.00. The van der Waals surface area contributed by atoms with E-state index >= 15 is 0 Å². The van der Waals surface area contributed by atoms with Crippen molar-refractivity contribution in [2.75, 3.05) is 0 Å². The summed E-state index contributed by atoms with van der Waals surface area (Å²) in [5.74, 6) is 0.0537. The summed E-state index contributed by atoms with van der Waals surface area (Å²) in [6.07, 6.45) is 8.61. The van der Waals surface area contributed by atoms with Crippen LogP contribution in [0.15, 0.2) is 9.95 Å². The fourth-order valence-corrected chi connectivity index (χ4v) is 6.42. The monoisotopic (exact) mass is 405 g/mol. The molecule has 0 saturated heterocycles. The Bertz CT molecular complexity index is 912. The van der Waals surface area contributed by atoms with Gasteiger partial charge in [-0.15, -0.1) is 11.3 Å². The van der Waals surface area contributed by atoms with E-state index in [1.165, 1.54) is 35.0 Å². The molecule has 0 spiro atoms. The van der Waals surface area contributed by atoms with Gasteiger partial charge in [-0.25, -0.2) is 4.98 Å². The molecule has 5 nitrogen and oxygen atoms in total. The van der Waals surface area contributed by atoms with Gasteiger partial charge in [0, 0.05) is 17.5 Å². The van der Waals surface area contributed by atoms with Crippen LogP contribution in [0.2, 0.25) is 0 Å². The van der Waals surface area contributed by atoms with Crippen molar-refractivity contribution in [3.8, 4) is 0 Å². The van der Waals surface area contributed by atoms with Gasteiger partial charge in [0.1, 0.15) is 4.83 Å². The number of amides is 1. The first-order chi connectivity index (χ1) is 13.1. The van der Waals surface area contributed by atoms with E-state index in [9.17, 15) is 9.59 Å². The SMILES string of the molecule is CCCn1c(S[C@@H](C)C(=O)NC2CCCC2)nc2sc3c(c2c1=O)CCC3. The van der Waals surface area contributed by atoms with Crippen LogP contribution in [0.4, 0.5) is 0 Å². The minimum atomic E-state index is -0.259. The normalized spacial score (nSPS) is 18.1. The highest BCUT2D eigenvalue weighted by Gasteiger charge is 2.26. The molecule has 4 rings (SSSR count). The van der Waals surface area contributed by atoms with E-state index in [0.717, 1.165) is 48.7 Å². The second-order valence-corrected chi connectivity index (χ2v) is 10.0. The van der Waals surface area contributed by atoms with Crippen LogP contribution in [-0.4, -0.2) is 26.8 Å². The van der Waals surface area contributed by atoms with E-state index in [0.29, 0.717) is 17.7 Å². The van der Waals surface area contributed by atoms with Crippen LogP contribution < -0.4 is 10.9 Å². The number of nitrogens with one attached hydrogen (secondary N) is 1. The molecular formula is C20H27N3O2S2. The molecule has 27 heavy (non-hydrogen) atoms. The van der Waals surface area contributed by atoms with Gasteiger partial charge in [-0.2, -0.15) is 0 Å². The van der Waals surface area contributed by atoms with Gasteiger partial charge in [0.25, 0.3) is 5.56 Å². The average molecular weight is 406 g/mol. The molecular weight excluding hydrogens is 378 g/mol. The van der Waals surface area contributed by atoms with Crippen molar-refractivity contribution in [3.63, 3.8) is 0 Å². The summed E-state index contributed by atoms with van der Waals surface area (Å²) in [4.78, 5) is 32.8. The van der Waals surface area contributed by atoms with Gasteiger partial charge in [-0.1, -0.05) is 31.5 Å². The van der Waals surface area contributed by atoms with E-state index in [4.69, 9.17) is 4.98 Å². The van der Waals surface area contributed by atoms with Gasteiger partial charge in [0.15, 0.2) is 5.16 Å². The summed E-state index contributed by atoms with van der Waals surface area (Å²) < 4.78 is 1.79. The van der Waals surface area contributed by atoms with E-state index < -0.39 is 0 Å². The number of carbonyl (C=O) groups is 1. The Morgan fingerprint density at radius 1 is 1.33 bits per heavy atom. The predicted octanol–water partition coefficient (Wildman–Crippen LogP) is 3.90. The Morgan fingerprint density at radius 3 is 2.85 bits per heavy atom. The van der Waals surface area contributed by atoms with Crippen LogP contribution in [0.1, 0.15) is 62.8 Å². The van der Waals surface area contributed by atoms with Crippen molar-refractivity contribution >= 4 is 39.2 Å². The second-order valence-electron chi connectivity index (χ2n) is 7.64. The first-order valence-corrected chi connectivity index (χ1v) is 11.8. The molecule has 0 aliphatic heterocycles. The van der Waals surface area contributed by atoms with Gasteiger partial charge in [-0.3, -0.25) is 14.2 Å². The van der Waals surface area contributed by atoms with Gasteiger partial charge in [0.2, 0.25) is 5.91 Å². The molecule has 2 aromatic heterocycles. The molecule has 0 bridgehead atoms. The zero-order chi connectivity index (χ0) is 19.0. The molecule has 2 heterocycles. The predicted molar refractivity (Wildman–Crippen MR) is 112 cm³/mol. The third kappa shape index (κ3) is 3.68. The minimum Gasteiger partial charge on any atom is -0.352 e. The number of nitrogens with zero attached hydrogens (tertiary/aromatic N) is 2. The van der Waals surface area contributed by atoms with Crippen molar-refractivity contribution in [3.05, 3.63) is 20.8 Å². The fourth-order valence-electron chi connectivity index (χ4n) is 4.17. The van der Waals surface area contributed by atoms with E-state index in [1.54, 1.807) is 15.9 Å². The van der Waals surface area contributed by atoms with Crippen molar-refractivity contribution in [2.24, 2.45) is 0 Å². The Morgan fingerprint density at radius 2 is 2.11 bits per heavy atom. The standard InChI is InChI=1S/C20H27N3O2S2/c1-3-11-23-19(25)16-14-9-6-10-15(14)27-18(16)22-20(23)26-12(2)17(24)21-13-7-4-5-8-13/h12-13H,3-11H2,1-2H3,(H,21,24)/t12-/m0/s1. The number of fused-ring (bicyclic) bond motifs is 3. The molecule has 2 aromatic rings. The lowest BCUT2D eigenvalue weighted by atomic mass is 10.2. The molecule has 0 aromatic carbocycles. The van der Waals surface area contributed by atoms with E-state index in [-0.39, 0.29) is 16.7 Å². The van der Waals surface area contributed by atoms with Gasteiger partial charge in [0.05, 0.1) is 10.6 Å². The van der Waals surface area contributed by atoms with Crippen molar-refractivity contribution in [1.29, 1.82) is 0 Å². The maximum atomic E-state index is 13.2. The zero-order valence-electron chi connectivity index (χ0n) is 16.0. The van der Waals surface area contributed by atoms with Crippen LogP contribution in [0.5, 0.6) is 0 Å². The Kier molecular flexibility index (Phi) is 5.60. The van der Waals surface area contributed by atoms with Crippen molar-refractivity contribution < 1.29 is 4.79 Å². The molecule has 0 unspecified atom stereocenters. The molecule has 1 N–H and O–H groups in total. The number of rotatable bonds is 6. The lowest BCUT2D eigenvalue weighted by Crippen LogP contribution is -2.38. The first-order valence-electron chi connectivity index (χ1n) is 10.1. The highest BCUT2D eigenvalue weighted by Crippen LogP contribution is 2.36. The Labute approximate surface area is 167 Å². The Hall–Kier alpha value is -1.34.